The summed E-state index contributed by atoms with van der Waals surface area (Å²) in [4.78, 5) is 1.81. The van der Waals surface area contributed by atoms with E-state index in [4.69, 9.17) is 0 Å². The predicted octanol–water partition coefficient (Wildman–Crippen LogP) is 2.42. The fourth-order valence-electron chi connectivity index (χ4n) is 1.96. The molecule has 0 saturated carbocycles. The minimum absolute atomic E-state index is 0.0829. The molecule has 1 saturated heterocycles. The minimum atomic E-state index is -4.08. The van der Waals surface area contributed by atoms with Crippen LogP contribution in [0.5, 0.6) is 0 Å². The third-order valence-corrected chi connectivity index (χ3v) is 3.01. The molecule has 0 radical (unpaired) electrons. The maximum absolute atomic E-state index is 12.5. The molecule has 16 heavy (non-hydrogen) atoms. The number of piperidine rings is 1. The lowest BCUT2D eigenvalue weighted by molar-refractivity contribution is -0.187. The van der Waals surface area contributed by atoms with Crippen molar-refractivity contribution in [3.63, 3.8) is 0 Å². The van der Waals surface area contributed by atoms with E-state index in [1.54, 1.807) is 18.7 Å². The summed E-state index contributed by atoms with van der Waals surface area (Å²) in [5.41, 5.74) is -0.800. The van der Waals surface area contributed by atoms with Gasteiger partial charge in [0.15, 0.2) is 0 Å². The van der Waals surface area contributed by atoms with Gasteiger partial charge in [-0.25, -0.2) is 0 Å². The molecule has 1 unspecified atom stereocenters. The fraction of sp³-hybridized carbons (Fsp3) is 1.00. The predicted molar refractivity (Wildman–Crippen MR) is 56.1 cm³/mol. The van der Waals surface area contributed by atoms with E-state index in [1.807, 2.05) is 0 Å². The van der Waals surface area contributed by atoms with Crippen molar-refractivity contribution in [3.05, 3.63) is 0 Å². The summed E-state index contributed by atoms with van der Waals surface area (Å²) in [7, 11) is 0. The van der Waals surface area contributed by atoms with E-state index in [-0.39, 0.29) is 13.0 Å². The van der Waals surface area contributed by atoms with Crippen LogP contribution in [0.4, 0.5) is 13.2 Å². The smallest absolute Gasteiger partial charge is 0.390 e. The molecule has 0 aromatic carbocycles. The first kappa shape index (κ1) is 13.8. The summed E-state index contributed by atoms with van der Waals surface area (Å²) in [6, 6.07) is 0. The van der Waals surface area contributed by atoms with Crippen LogP contribution in [0.2, 0.25) is 0 Å². The molecule has 1 rings (SSSR count). The largest absolute Gasteiger partial charge is 0.393 e. The third kappa shape index (κ3) is 4.70. The van der Waals surface area contributed by atoms with Gasteiger partial charge in [0, 0.05) is 13.1 Å². The minimum Gasteiger partial charge on any atom is -0.390 e. The van der Waals surface area contributed by atoms with Gasteiger partial charge in [-0.2, -0.15) is 13.2 Å². The number of likely N-dealkylation sites (tertiary alicyclic amines) is 1. The van der Waals surface area contributed by atoms with Crippen molar-refractivity contribution < 1.29 is 18.3 Å². The van der Waals surface area contributed by atoms with Crippen molar-refractivity contribution in [3.8, 4) is 0 Å². The molecular weight excluding hydrogens is 219 g/mol. The summed E-state index contributed by atoms with van der Waals surface area (Å²) < 4.78 is 37.5. The molecule has 1 atom stereocenters. The van der Waals surface area contributed by atoms with Crippen LogP contribution in [0.1, 0.15) is 33.1 Å². The zero-order valence-electron chi connectivity index (χ0n) is 9.85. The molecule has 1 aliphatic heterocycles. The number of hydrogen-bond acceptors (Lipinski definition) is 2. The Morgan fingerprint density at radius 2 is 1.94 bits per heavy atom. The van der Waals surface area contributed by atoms with Crippen LogP contribution in [0.3, 0.4) is 0 Å². The second-order valence-electron chi connectivity index (χ2n) is 5.24. The Hall–Kier alpha value is -0.290. The van der Waals surface area contributed by atoms with Crippen LogP contribution in [-0.2, 0) is 0 Å². The molecule has 0 aromatic heterocycles. The van der Waals surface area contributed by atoms with Crippen LogP contribution < -0.4 is 0 Å². The zero-order valence-corrected chi connectivity index (χ0v) is 9.85. The molecular formula is C11H20F3NO. The van der Waals surface area contributed by atoms with E-state index >= 15 is 0 Å². The van der Waals surface area contributed by atoms with Gasteiger partial charge in [0.05, 0.1) is 11.5 Å². The van der Waals surface area contributed by atoms with Crippen LogP contribution in [0.25, 0.3) is 0 Å². The van der Waals surface area contributed by atoms with Gasteiger partial charge < -0.3 is 10.0 Å². The number of halogens is 3. The lowest BCUT2D eigenvalue weighted by Gasteiger charge is -2.34. The molecule has 0 bridgehead atoms. The topological polar surface area (TPSA) is 23.5 Å². The molecule has 1 N–H and O–H groups in total. The maximum atomic E-state index is 12.5. The third-order valence-electron chi connectivity index (χ3n) is 3.01. The van der Waals surface area contributed by atoms with Crippen LogP contribution >= 0.6 is 0 Å². The average Bonchev–Trinajstić information content (AvgIpc) is 2.13. The monoisotopic (exact) mass is 239 g/mol. The number of alkyl halides is 3. The Bertz CT molecular complexity index is 222. The van der Waals surface area contributed by atoms with Gasteiger partial charge >= 0.3 is 6.18 Å². The molecule has 0 aromatic rings. The Labute approximate surface area is 94.4 Å². The lowest BCUT2D eigenvalue weighted by atomic mass is 9.96. The Balaban J connectivity index is 2.39. The zero-order chi connectivity index (χ0) is 12.4. The van der Waals surface area contributed by atoms with Crippen molar-refractivity contribution in [2.24, 2.45) is 5.92 Å². The number of aliphatic hydroxyl groups is 1. The van der Waals surface area contributed by atoms with Crippen LogP contribution in [0.15, 0.2) is 0 Å². The summed E-state index contributed by atoms with van der Waals surface area (Å²) in [6.45, 7) is 4.69. The molecule has 96 valence electrons. The molecule has 1 fully saturated rings. The van der Waals surface area contributed by atoms with E-state index in [9.17, 15) is 18.3 Å². The quantitative estimate of drug-likeness (QED) is 0.817. The number of nitrogens with zero attached hydrogens (tertiary/aromatic N) is 1. The van der Waals surface area contributed by atoms with Gasteiger partial charge in [0.2, 0.25) is 0 Å². The first-order valence-corrected chi connectivity index (χ1v) is 5.70. The molecule has 1 heterocycles. The normalized spacial score (nSPS) is 24.8. The molecule has 2 nitrogen and oxygen atoms in total. The van der Waals surface area contributed by atoms with Gasteiger partial charge in [0.25, 0.3) is 0 Å². The first-order chi connectivity index (χ1) is 7.18. The summed E-state index contributed by atoms with van der Waals surface area (Å²) >= 11 is 0. The van der Waals surface area contributed by atoms with Crippen molar-refractivity contribution in [1.82, 2.24) is 4.90 Å². The Morgan fingerprint density at radius 1 is 1.31 bits per heavy atom. The lowest BCUT2D eigenvalue weighted by Crippen LogP contribution is -2.43. The van der Waals surface area contributed by atoms with E-state index in [0.717, 1.165) is 0 Å². The van der Waals surface area contributed by atoms with Gasteiger partial charge in [0.1, 0.15) is 0 Å². The van der Waals surface area contributed by atoms with E-state index in [1.165, 1.54) is 0 Å². The summed E-state index contributed by atoms with van der Waals surface area (Å²) in [6.07, 6.45) is -2.73. The van der Waals surface area contributed by atoms with Gasteiger partial charge in [-0.3, -0.25) is 0 Å². The van der Waals surface area contributed by atoms with Gasteiger partial charge in [-0.05, 0) is 39.7 Å². The maximum Gasteiger partial charge on any atom is 0.393 e. The average molecular weight is 239 g/mol. The van der Waals surface area contributed by atoms with E-state index < -0.39 is 17.7 Å². The molecule has 1 aliphatic rings. The second kappa shape index (κ2) is 4.92. The van der Waals surface area contributed by atoms with Crippen LogP contribution in [-0.4, -0.2) is 41.4 Å². The van der Waals surface area contributed by atoms with Crippen molar-refractivity contribution >= 4 is 0 Å². The number of hydrogen-bond donors (Lipinski definition) is 1. The van der Waals surface area contributed by atoms with E-state index in [2.05, 4.69) is 0 Å². The highest BCUT2D eigenvalue weighted by molar-refractivity contribution is 4.79. The van der Waals surface area contributed by atoms with Gasteiger partial charge in [-0.1, -0.05) is 0 Å². The van der Waals surface area contributed by atoms with Crippen molar-refractivity contribution in [1.29, 1.82) is 0 Å². The highest BCUT2D eigenvalue weighted by Gasteiger charge is 2.41. The fourth-order valence-corrected chi connectivity index (χ4v) is 1.96. The van der Waals surface area contributed by atoms with Crippen LogP contribution in [0, 0.1) is 5.92 Å². The summed E-state index contributed by atoms with van der Waals surface area (Å²) in [5.74, 6) is -1.19. The molecule has 0 aliphatic carbocycles. The van der Waals surface area contributed by atoms with Gasteiger partial charge in [-0.15, -0.1) is 0 Å². The first-order valence-electron chi connectivity index (χ1n) is 5.70. The summed E-state index contributed by atoms with van der Waals surface area (Å²) in [5, 5.41) is 9.53. The van der Waals surface area contributed by atoms with Crippen molar-refractivity contribution in [2.75, 3.05) is 19.6 Å². The molecule has 0 spiro atoms. The SMILES string of the molecule is CC(C)(O)CCN1CCCC(C(F)(F)F)C1. The molecule has 0 amide bonds. The number of rotatable bonds is 3. The highest BCUT2D eigenvalue weighted by atomic mass is 19.4. The highest BCUT2D eigenvalue weighted by Crippen LogP contribution is 2.33. The Kier molecular flexibility index (Phi) is 4.23. The van der Waals surface area contributed by atoms with E-state index in [0.29, 0.717) is 25.9 Å². The standard InChI is InChI=1S/C11H20F3NO/c1-10(2,16)5-7-15-6-3-4-9(8-15)11(12,13)14/h9,16H,3-8H2,1-2H3. The van der Waals surface area contributed by atoms with Crippen molar-refractivity contribution in [2.45, 2.75) is 44.9 Å². The molecule has 5 heteroatoms. The second-order valence-corrected chi connectivity index (χ2v) is 5.24. The Morgan fingerprint density at radius 3 is 2.44 bits per heavy atom.